The van der Waals surface area contributed by atoms with Crippen LogP contribution in [0.4, 0.5) is 11.4 Å². The van der Waals surface area contributed by atoms with Crippen LogP contribution in [0.1, 0.15) is 34.5 Å². The number of amides is 1. The van der Waals surface area contributed by atoms with E-state index in [1.807, 2.05) is 32.2 Å². The Hall–Kier alpha value is -2.80. The fourth-order valence-electron chi connectivity index (χ4n) is 3.62. The molecule has 0 saturated carbocycles. The Morgan fingerprint density at radius 1 is 1.17 bits per heavy atom. The van der Waals surface area contributed by atoms with Gasteiger partial charge in [0.2, 0.25) is 0 Å². The van der Waals surface area contributed by atoms with E-state index in [2.05, 4.69) is 32.3 Å². The molecule has 0 atom stereocenters. The van der Waals surface area contributed by atoms with Gasteiger partial charge < -0.3 is 14.6 Å². The number of aromatic nitrogens is 2. The number of furan rings is 1. The van der Waals surface area contributed by atoms with E-state index in [9.17, 15) is 4.79 Å². The second-order valence-corrected chi connectivity index (χ2v) is 7.94. The number of aryl methyl sites for hydroxylation is 2. The zero-order chi connectivity index (χ0) is 20.4. The summed E-state index contributed by atoms with van der Waals surface area (Å²) in [7, 11) is 0. The summed E-state index contributed by atoms with van der Waals surface area (Å²) in [5, 5.41) is 3.67. The fourth-order valence-corrected chi connectivity index (χ4v) is 4.24. The third-order valence-electron chi connectivity index (χ3n) is 5.15. The van der Waals surface area contributed by atoms with Crippen molar-refractivity contribution < 1.29 is 9.21 Å². The molecule has 29 heavy (non-hydrogen) atoms. The van der Waals surface area contributed by atoms with E-state index in [4.69, 9.17) is 4.42 Å². The summed E-state index contributed by atoms with van der Waals surface area (Å²) in [5.74, 6) is 0.873. The molecule has 1 aliphatic heterocycles. The number of thioether (sulfide) groups is 1. The SMILES string of the molecule is CSc1nc(-c2ccco2)nc(C)c1C(=O)Nc1ccc(N2CCCC2)cc1C. The van der Waals surface area contributed by atoms with Crippen LogP contribution in [0.25, 0.3) is 11.6 Å². The van der Waals surface area contributed by atoms with Crippen molar-refractivity contribution in [2.75, 3.05) is 29.6 Å². The van der Waals surface area contributed by atoms with Crippen molar-refractivity contribution in [3.05, 3.63) is 53.4 Å². The fraction of sp³-hybridized carbons (Fsp3) is 0.318. The Balaban J connectivity index is 1.60. The van der Waals surface area contributed by atoms with Crippen LogP contribution in [0, 0.1) is 13.8 Å². The maximum atomic E-state index is 13.1. The van der Waals surface area contributed by atoms with E-state index >= 15 is 0 Å². The minimum Gasteiger partial charge on any atom is -0.461 e. The number of benzene rings is 1. The summed E-state index contributed by atoms with van der Waals surface area (Å²) >= 11 is 1.42. The minimum absolute atomic E-state index is 0.199. The number of hydrogen-bond acceptors (Lipinski definition) is 6. The van der Waals surface area contributed by atoms with Gasteiger partial charge in [0.1, 0.15) is 5.03 Å². The summed E-state index contributed by atoms with van der Waals surface area (Å²) in [6, 6.07) is 9.80. The Bertz CT molecular complexity index is 1030. The van der Waals surface area contributed by atoms with Crippen molar-refractivity contribution in [3.63, 3.8) is 0 Å². The van der Waals surface area contributed by atoms with E-state index < -0.39 is 0 Å². The lowest BCUT2D eigenvalue weighted by Crippen LogP contribution is -2.19. The third kappa shape index (κ3) is 4.00. The van der Waals surface area contributed by atoms with Gasteiger partial charge in [0.25, 0.3) is 5.91 Å². The zero-order valence-electron chi connectivity index (χ0n) is 16.9. The average molecular weight is 409 g/mol. The first-order chi connectivity index (χ1) is 14.1. The standard InChI is InChI=1S/C22H24N4O2S/c1-14-13-16(26-10-4-5-11-26)8-9-17(14)24-21(27)19-15(2)23-20(25-22(19)29-3)18-7-6-12-28-18/h6-9,12-13H,4-5,10-11H2,1-3H3,(H,24,27). The van der Waals surface area contributed by atoms with Gasteiger partial charge >= 0.3 is 0 Å². The molecule has 1 amide bonds. The molecule has 7 heteroatoms. The molecule has 150 valence electrons. The largest absolute Gasteiger partial charge is 0.461 e. The predicted molar refractivity (Wildman–Crippen MR) is 117 cm³/mol. The Kier molecular flexibility index (Phi) is 5.58. The number of nitrogens with one attached hydrogen (secondary N) is 1. The molecule has 3 aromatic rings. The Morgan fingerprint density at radius 3 is 2.62 bits per heavy atom. The summed E-state index contributed by atoms with van der Waals surface area (Å²) in [4.78, 5) is 24.5. The Labute approximate surface area is 174 Å². The molecule has 0 aliphatic carbocycles. The highest BCUT2D eigenvalue weighted by atomic mass is 32.2. The molecule has 6 nitrogen and oxygen atoms in total. The van der Waals surface area contributed by atoms with Crippen molar-refractivity contribution >= 4 is 29.0 Å². The van der Waals surface area contributed by atoms with Gasteiger partial charge in [0.15, 0.2) is 11.6 Å². The van der Waals surface area contributed by atoms with Gasteiger partial charge in [-0.3, -0.25) is 4.79 Å². The molecule has 0 spiro atoms. The van der Waals surface area contributed by atoms with Crippen LogP contribution < -0.4 is 10.2 Å². The van der Waals surface area contributed by atoms with Gasteiger partial charge in [0, 0.05) is 24.5 Å². The van der Waals surface area contributed by atoms with Crippen LogP contribution in [0.3, 0.4) is 0 Å². The lowest BCUT2D eigenvalue weighted by atomic mass is 10.1. The quantitative estimate of drug-likeness (QED) is 0.477. The molecule has 0 unspecified atom stereocenters. The van der Waals surface area contributed by atoms with Crippen molar-refractivity contribution in [3.8, 4) is 11.6 Å². The second kappa shape index (κ2) is 8.29. The zero-order valence-corrected chi connectivity index (χ0v) is 17.7. The molecule has 3 heterocycles. The molecule has 4 rings (SSSR count). The molecular weight excluding hydrogens is 384 g/mol. The van der Waals surface area contributed by atoms with E-state index in [0.717, 1.165) is 24.3 Å². The van der Waals surface area contributed by atoms with E-state index in [-0.39, 0.29) is 5.91 Å². The first kappa shape index (κ1) is 19.5. The van der Waals surface area contributed by atoms with Crippen molar-refractivity contribution in [1.82, 2.24) is 9.97 Å². The van der Waals surface area contributed by atoms with Crippen LogP contribution in [0.2, 0.25) is 0 Å². The third-order valence-corrected chi connectivity index (χ3v) is 5.83. The normalized spacial score (nSPS) is 13.7. The highest BCUT2D eigenvalue weighted by Gasteiger charge is 2.21. The minimum atomic E-state index is -0.199. The van der Waals surface area contributed by atoms with Gasteiger partial charge in [-0.2, -0.15) is 0 Å². The molecule has 1 saturated heterocycles. The molecule has 1 aromatic carbocycles. The number of nitrogens with zero attached hydrogens (tertiary/aromatic N) is 3. The number of anilines is 2. The smallest absolute Gasteiger partial charge is 0.260 e. The van der Waals surface area contributed by atoms with Crippen molar-refractivity contribution in [1.29, 1.82) is 0 Å². The van der Waals surface area contributed by atoms with Crippen LogP contribution in [0.5, 0.6) is 0 Å². The van der Waals surface area contributed by atoms with E-state index in [1.54, 1.807) is 12.3 Å². The first-order valence-corrected chi connectivity index (χ1v) is 10.9. The molecule has 1 N–H and O–H groups in total. The van der Waals surface area contributed by atoms with Gasteiger partial charge in [-0.05, 0) is 68.8 Å². The van der Waals surface area contributed by atoms with Gasteiger partial charge in [0.05, 0.1) is 17.5 Å². The molecule has 0 bridgehead atoms. The number of rotatable bonds is 5. The average Bonchev–Trinajstić information content (AvgIpc) is 3.42. The van der Waals surface area contributed by atoms with Crippen LogP contribution in [0.15, 0.2) is 46.0 Å². The van der Waals surface area contributed by atoms with Gasteiger partial charge in [-0.25, -0.2) is 9.97 Å². The van der Waals surface area contributed by atoms with E-state index in [1.165, 1.54) is 30.3 Å². The Morgan fingerprint density at radius 2 is 1.97 bits per heavy atom. The summed E-state index contributed by atoms with van der Waals surface area (Å²) in [6.07, 6.45) is 5.97. The van der Waals surface area contributed by atoms with Crippen LogP contribution in [-0.4, -0.2) is 35.2 Å². The predicted octanol–water partition coefficient (Wildman–Crippen LogP) is 4.93. The number of carbonyl (C=O) groups is 1. The van der Waals surface area contributed by atoms with Crippen molar-refractivity contribution in [2.24, 2.45) is 0 Å². The topological polar surface area (TPSA) is 71.3 Å². The maximum Gasteiger partial charge on any atom is 0.260 e. The number of hydrogen-bond donors (Lipinski definition) is 1. The lowest BCUT2D eigenvalue weighted by molar-refractivity contribution is 0.102. The molecular formula is C22H24N4O2S. The number of carbonyl (C=O) groups excluding carboxylic acids is 1. The van der Waals surface area contributed by atoms with E-state index in [0.29, 0.717) is 27.9 Å². The lowest BCUT2D eigenvalue weighted by Gasteiger charge is -2.19. The van der Waals surface area contributed by atoms with Gasteiger partial charge in [-0.1, -0.05) is 0 Å². The molecule has 1 fully saturated rings. The summed E-state index contributed by atoms with van der Waals surface area (Å²) < 4.78 is 5.40. The van der Waals surface area contributed by atoms with Crippen LogP contribution >= 0.6 is 11.8 Å². The summed E-state index contributed by atoms with van der Waals surface area (Å²) in [5.41, 5.74) is 4.18. The van der Waals surface area contributed by atoms with Crippen LogP contribution in [-0.2, 0) is 0 Å². The molecule has 1 aliphatic rings. The summed E-state index contributed by atoms with van der Waals surface area (Å²) in [6.45, 7) is 6.04. The second-order valence-electron chi connectivity index (χ2n) is 7.14. The first-order valence-electron chi connectivity index (χ1n) is 9.70. The highest BCUT2D eigenvalue weighted by Crippen LogP contribution is 2.28. The van der Waals surface area contributed by atoms with Crippen molar-refractivity contribution in [2.45, 2.75) is 31.7 Å². The highest BCUT2D eigenvalue weighted by molar-refractivity contribution is 7.98. The monoisotopic (exact) mass is 408 g/mol. The molecule has 2 aromatic heterocycles. The molecule has 0 radical (unpaired) electrons. The van der Waals surface area contributed by atoms with Gasteiger partial charge in [-0.15, -0.1) is 11.8 Å². The maximum absolute atomic E-state index is 13.1.